The van der Waals surface area contributed by atoms with E-state index in [4.69, 9.17) is 0 Å². The molecule has 1 aromatic carbocycles. The Bertz CT molecular complexity index is 772. The number of unbranched alkanes of at least 4 members (excludes halogenated alkanes) is 1. The van der Waals surface area contributed by atoms with Crippen LogP contribution in [-0.2, 0) is 4.79 Å². The second-order valence-electron chi connectivity index (χ2n) is 7.70. The van der Waals surface area contributed by atoms with Crippen LogP contribution in [0.4, 0.5) is 5.69 Å². The van der Waals surface area contributed by atoms with Crippen LogP contribution in [0.15, 0.2) is 39.9 Å². The molecule has 0 bridgehead atoms. The smallest absolute Gasteiger partial charge is 0.269 e. The molecule has 0 unspecified atom stereocenters. The number of non-ortho nitro benzene ring substituents is 1. The monoisotopic (exact) mass is 446 g/mol. The number of nitro benzene ring substituents is 1. The van der Waals surface area contributed by atoms with Crippen molar-refractivity contribution in [1.82, 2.24) is 10.2 Å². The minimum absolute atomic E-state index is 0.0487. The lowest BCUT2D eigenvalue weighted by atomic mass is 10.1. The number of nitrogens with one attached hydrogen (secondary N) is 1. The van der Waals surface area contributed by atoms with Gasteiger partial charge in [-0.3, -0.25) is 19.9 Å². The molecule has 1 aliphatic rings. The summed E-state index contributed by atoms with van der Waals surface area (Å²) in [6, 6.07) is 6.25. The molecule has 1 heterocycles. The van der Waals surface area contributed by atoms with Crippen molar-refractivity contribution in [2.24, 2.45) is 4.99 Å². The number of amides is 1. The Morgan fingerprint density at radius 3 is 2.55 bits per heavy atom. The number of carbonyl (C=O) groups excluding carboxylic acids is 1. The highest BCUT2D eigenvalue weighted by Crippen LogP contribution is 2.23. The van der Waals surface area contributed by atoms with Gasteiger partial charge in [-0.05, 0) is 75.7 Å². The first-order chi connectivity index (χ1) is 15.0. The average Bonchev–Trinajstić information content (AvgIpc) is 2.79. The normalized spacial score (nSPS) is 15.7. The van der Waals surface area contributed by atoms with Crippen molar-refractivity contribution >= 4 is 29.6 Å². The number of likely N-dealkylation sites (tertiary alicyclic amines) is 1. The lowest BCUT2D eigenvalue weighted by Gasteiger charge is -2.26. The van der Waals surface area contributed by atoms with Crippen LogP contribution in [0.5, 0.6) is 0 Å². The third-order valence-corrected chi connectivity index (χ3v) is 6.13. The van der Waals surface area contributed by atoms with E-state index in [0.717, 1.165) is 43.5 Å². The summed E-state index contributed by atoms with van der Waals surface area (Å²) in [4.78, 5) is 30.9. The van der Waals surface area contributed by atoms with Crippen LogP contribution in [-0.4, -0.2) is 54.4 Å². The molecule has 0 saturated carbocycles. The number of hydrogen-bond donors (Lipinski definition) is 1. The van der Waals surface area contributed by atoms with Crippen LogP contribution >= 0.6 is 11.8 Å². The van der Waals surface area contributed by atoms with Crippen molar-refractivity contribution in [3.05, 3.63) is 50.5 Å². The highest BCUT2D eigenvalue weighted by Gasteiger charge is 2.15. The Balaban J connectivity index is 2.00. The topological polar surface area (TPSA) is 87.8 Å². The van der Waals surface area contributed by atoms with Gasteiger partial charge < -0.3 is 10.2 Å². The first-order valence-corrected chi connectivity index (χ1v) is 12.3. The van der Waals surface area contributed by atoms with Gasteiger partial charge in [0.25, 0.3) is 11.6 Å². The Labute approximate surface area is 189 Å². The first kappa shape index (κ1) is 25.1. The van der Waals surface area contributed by atoms with Gasteiger partial charge in [-0.1, -0.05) is 19.8 Å². The number of nitrogens with zero attached hydrogens (tertiary/aromatic N) is 3. The van der Waals surface area contributed by atoms with Gasteiger partial charge in [-0.2, -0.15) is 0 Å². The number of thioether (sulfide) groups is 1. The summed E-state index contributed by atoms with van der Waals surface area (Å²) < 4.78 is 0. The highest BCUT2D eigenvalue weighted by atomic mass is 32.2. The molecule has 1 aliphatic heterocycles. The third kappa shape index (κ3) is 8.83. The molecular formula is C23H34N4O3S. The summed E-state index contributed by atoms with van der Waals surface area (Å²) in [5.41, 5.74) is 1.58. The first-order valence-electron chi connectivity index (χ1n) is 11.1. The summed E-state index contributed by atoms with van der Waals surface area (Å²) >= 11 is 1.42. The van der Waals surface area contributed by atoms with Gasteiger partial charge in [0.2, 0.25) is 0 Å². The number of nitro groups is 1. The van der Waals surface area contributed by atoms with Crippen LogP contribution < -0.4 is 5.32 Å². The zero-order valence-corrected chi connectivity index (χ0v) is 19.5. The molecule has 1 saturated heterocycles. The molecule has 1 aromatic rings. The van der Waals surface area contributed by atoms with Gasteiger partial charge >= 0.3 is 0 Å². The predicted molar refractivity (Wildman–Crippen MR) is 129 cm³/mol. The van der Waals surface area contributed by atoms with Crippen molar-refractivity contribution < 1.29 is 9.72 Å². The molecule has 0 aliphatic carbocycles. The zero-order valence-electron chi connectivity index (χ0n) is 18.6. The molecule has 1 fully saturated rings. The summed E-state index contributed by atoms with van der Waals surface area (Å²) in [5.74, 6) is -0.0712. The second-order valence-corrected chi connectivity index (χ2v) is 8.52. The molecule has 2 rings (SSSR count). The van der Waals surface area contributed by atoms with E-state index in [0.29, 0.717) is 11.4 Å². The number of rotatable bonds is 12. The minimum atomic E-state index is -0.422. The van der Waals surface area contributed by atoms with Crippen molar-refractivity contribution in [2.75, 3.05) is 32.4 Å². The van der Waals surface area contributed by atoms with Crippen LogP contribution in [0, 0.1) is 10.1 Å². The number of carbonyl (C=O) groups is 1. The standard InChI is InChI=1S/C23H34N4O3S/c1-3-4-9-21(25-18-19-10-12-20(13-11-19)27(29)30)22(31-2)23(28)24-14-8-17-26-15-6-5-7-16-26/h10-13,18H,3-9,14-17H2,1-2H3,(H,24,28). The molecule has 170 valence electrons. The predicted octanol–water partition coefficient (Wildman–Crippen LogP) is 4.77. The molecule has 0 atom stereocenters. The van der Waals surface area contributed by atoms with E-state index < -0.39 is 4.92 Å². The van der Waals surface area contributed by atoms with Crippen molar-refractivity contribution in [2.45, 2.75) is 51.9 Å². The minimum Gasteiger partial charge on any atom is -0.351 e. The molecule has 7 nitrogen and oxygen atoms in total. The number of benzene rings is 1. The average molecular weight is 447 g/mol. The zero-order chi connectivity index (χ0) is 22.5. The lowest BCUT2D eigenvalue weighted by molar-refractivity contribution is -0.384. The number of aliphatic imine (C=N–C) groups is 1. The maximum Gasteiger partial charge on any atom is 0.269 e. The van der Waals surface area contributed by atoms with Gasteiger partial charge in [0, 0.05) is 24.9 Å². The van der Waals surface area contributed by atoms with Crippen LogP contribution in [0.25, 0.3) is 0 Å². The van der Waals surface area contributed by atoms with E-state index in [1.54, 1.807) is 18.3 Å². The number of piperidine rings is 1. The second kappa shape index (κ2) is 14.0. The lowest BCUT2D eigenvalue weighted by Crippen LogP contribution is -2.33. The van der Waals surface area contributed by atoms with E-state index in [1.807, 2.05) is 6.26 Å². The molecule has 1 N–H and O–H groups in total. The SMILES string of the molecule is CCCCC(N=Cc1ccc([N+](=O)[O-])cc1)=C(SC)C(=O)NCCCN1CCCCC1. The number of allylic oxidation sites excluding steroid dienone is 1. The van der Waals surface area contributed by atoms with Crippen molar-refractivity contribution in [1.29, 1.82) is 0 Å². The fourth-order valence-corrected chi connectivity index (χ4v) is 4.17. The highest BCUT2D eigenvalue weighted by molar-refractivity contribution is 8.03. The maximum absolute atomic E-state index is 12.8. The largest absolute Gasteiger partial charge is 0.351 e. The Morgan fingerprint density at radius 1 is 1.23 bits per heavy atom. The van der Waals surface area contributed by atoms with E-state index in [2.05, 4.69) is 22.1 Å². The quantitative estimate of drug-likeness (QED) is 0.164. The molecule has 0 aromatic heterocycles. The van der Waals surface area contributed by atoms with Gasteiger partial charge in [0.1, 0.15) is 0 Å². The van der Waals surface area contributed by atoms with Gasteiger partial charge in [-0.15, -0.1) is 11.8 Å². The Kier molecular flexibility index (Phi) is 11.3. The van der Waals surface area contributed by atoms with E-state index >= 15 is 0 Å². The third-order valence-electron chi connectivity index (χ3n) is 5.30. The molecular weight excluding hydrogens is 412 g/mol. The fraction of sp³-hybridized carbons (Fsp3) is 0.565. The van der Waals surface area contributed by atoms with Crippen LogP contribution in [0.2, 0.25) is 0 Å². The Hall–Kier alpha value is -2.19. The summed E-state index contributed by atoms with van der Waals surface area (Å²) in [6.45, 7) is 6.13. The van der Waals surface area contributed by atoms with Crippen LogP contribution in [0.3, 0.4) is 0 Å². The van der Waals surface area contributed by atoms with Crippen molar-refractivity contribution in [3.63, 3.8) is 0 Å². The van der Waals surface area contributed by atoms with Gasteiger partial charge in [0.15, 0.2) is 0 Å². The summed E-state index contributed by atoms with van der Waals surface area (Å²) in [6.07, 6.45) is 11.1. The van der Waals surface area contributed by atoms with E-state index in [-0.39, 0.29) is 11.6 Å². The van der Waals surface area contributed by atoms with Gasteiger partial charge in [-0.25, -0.2) is 0 Å². The molecule has 8 heteroatoms. The molecule has 0 radical (unpaired) electrons. The summed E-state index contributed by atoms with van der Waals surface area (Å²) in [5, 5.41) is 13.9. The Morgan fingerprint density at radius 2 is 1.94 bits per heavy atom. The fourth-order valence-electron chi connectivity index (χ4n) is 3.52. The van der Waals surface area contributed by atoms with Gasteiger partial charge in [0.05, 0.1) is 15.5 Å². The van der Waals surface area contributed by atoms with E-state index in [1.165, 1.54) is 56.2 Å². The van der Waals surface area contributed by atoms with E-state index in [9.17, 15) is 14.9 Å². The van der Waals surface area contributed by atoms with Crippen molar-refractivity contribution in [3.8, 4) is 0 Å². The maximum atomic E-state index is 12.8. The van der Waals surface area contributed by atoms with Crippen LogP contribution in [0.1, 0.15) is 57.4 Å². The number of hydrogen-bond acceptors (Lipinski definition) is 6. The molecule has 1 amide bonds. The molecule has 0 spiro atoms. The summed E-state index contributed by atoms with van der Waals surface area (Å²) in [7, 11) is 0. The molecule has 31 heavy (non-hydrogen) atoms.